The van der Waals surface area contributed by atoms with Crippen LogP contribution < -0.4 is 0 Å². The van der Waals surface area contributed by atoms with E-state index in [0.717, 1.165) is 24.2 Å². The van der Waals surface area contributed by atoms with Crippen LogP contribution in [0.1, 0.15) is 12.7 Å². The zero-order chi connectivity index (χ0) is 10.6. The van der Waals surface area contributed by atoms with Crippen molar-refractivity contribution in [2.45, 2.75) is 13.5 Å². The van der Waals surface area contributed by atoms with Gasteiger partial charge in [-0.05, 0) is 13.0 Å². The quantitative estimate of drug-likeness (QED) is 0.754. The van der Waals surface area contributed by atoms with Gasteiger partial charge in [0.25, 0.3) is 0 Å². The van der Waals surface area contributed by atoms with Crippen LogP contribution in [-0.2, 0) is 13.6 Å². The van der Waals surface area contributed by atoms with E-state index in [1.807, 2.05) is 19.4 Å². The van der Waals surface area contributed by atoms with Crippen molar-refractivity contribution in [1.82, 2.24) is 14.5 Å². The van der Waals surface area contributed by atoms with E-state index in [4.69, 9.17) is 0 Å². The summed E-state index contributed by atoms with van der Waals surface area (Å²) in [7, 11) is 4.16. The van der Waals surface area contributed by atoms with Crippen molar-refractivity contribution in [3.63, 3.8) is 0 Å². The Morgan fingerprint density at radius 3 is 2.86 bits per heavy atom. The van der Waals surface area contributed by atoms with Crippen molar-refractivity contribution < 1.29 is 0 Å². The molecule has 0 N–H and O–H groups in total. The fourth-order valence-corrected chi connectivity index (χ4v) is 1.64. The van der Waals surface area contributed by atoms with Crippen LogP contribution in [0.3, 0.4) is 0 Å². The normalized spacial score (nSPS) is 13.5. The lowest BCUT2D eigenvalue weighted by molar-refractivity contribution is 0.281. The molecule has 0 spiro atoms. The Bertz CT molecular complexity index is 272. The van der Waals surface area contributed by atoms with Gasteiger partial charge in [-0.15, -0.1) is 0 Å². The predicted octanol–water partition coefficient (Wildman–Crippen LogP) is 1.88. The summed E-state index contributed by atoms with van der Waals surface area (Å²) >= 11 is 3.49. The maximum Gasteiger partial charge on any atom is 0.122 e. The van der Waals surface area contributed by atoms with Crippen molar-refractivity contribution in [3.8, 4) is 0 Å². The lowest BCUT2D eigenvalue weighted by Gasteiger charge is -2.19. The second kappa shape index (κ2) is 5.51. The van der Waals surface area contributed by atoms with Gasteiger partial charge in [-0.1, -0.05) is 22.9 Å². The molecule has 1 rings (SSSR count). The molecular formula is C10H18BrN3. The Balaban J connectivity index is 2.41. The number of aromatic nitrogens is 2. The fourth-order valence-electron chi connectivity index (χ4n) is 1.44. The summed E-state index contributed by atoms with van der Waals surface area (Å²) in [6, 6.07) is 0. The summed E-state index contributed by atoms with van der Waals surface area (Å²) in [5, 5.41) is 1.05. The molecule has 0 aliphatic carbocycles. The first kappa shape index (κ1) is 11.7. The van der Waals surface area contributed by atoms with Crippen LogP contribution in [0.15, 0.2) is 12.4 Å². The summed E-state index contributed by atoms with van der Waals surface area (Å²) < 4.78 is 2.06. The van der Waals surface area contributed by atoms with E-state index < -0.39 is 0 Å². The second-order valence-electron chi connectivity index (χ2n) is 3.91. The minimum absolute atomic E-state index is 0.681. The third kappa shape index (κ3) is 3.42. The first-order valence-corrected chi connectivity index (χ1v) is 5.96. The van der Waals surface area contributed by atoms with E-state index in [1.165, 1.54) is 0 Å². The van der Waals surface area contributed by atoms with Gasteiger partial charge < -0.3 is 4.57 Å². The third-order valence-electron chi connectivity index (χ3n) is 2.22. The zero-order valence-corrected chi connectivity index (χ0v) is 10.7. The van der Waals surface area contributed by atoms with Crippen LogP contribution in [-0.4, -0.2) is 33.4 Å². The molecule has 0 amide bonds. The molecule has 0 bridgehead atoms. The van der Waals surface area contributed by atoms with E-state index in [1.54, 1.807) is 0 Å². The number of hydrogen-bond acceptors (Lipinski definition) is 2. The molecule has 3 nitrogen and oxygen atoms in total. The molecule has 0 aromatic carbocycles. The Morgan fingerprint density at radius 1 is 1.64 bits per heavy atom. The molecule has 1 heterocycles. The van der Waals surface area contributed by atoms with Gasteiger partial charge in [-0.25, -0.2) is 4.98 Å². The smallest absolute Gasteiger partial charge is 0.122 e. The summed E-state index contributed by atoms with van der Waals surface area (Å²) in [4.78, 5) is 6.60. The first-order valence-electron chi connectivity index (χ1n) is 4.84. The Kier molecular flexibility index (Phi) is 4.62. The van der Waals surface area contributed by atoms with Crippen molar-refractivity contribution >= 4 is 15.9 Å². The molecule has 14 heavy (non-hydrogen) atoms. The van der Waals surface area contributed by atoms with Crippen LogP contribution in [0.25, 0.3) is 0 Å². The minimum atomic E-state index is 0.681. The van der Waals surface area contributed by atoms with E-state index in [-0.39, 0.29) is 0 Å². The summed E-state index contributed by atoms with van der Waals surface area (Å²) in [6.45, 7) is 4.25. The number of aryl methyl sites for hydroxylation is 1. The number of halogens is 1. The molecule has 1 aromatic rings. The van der Waals surface area contributed by atoms with Gasteiger partial charge in [0.2, 0.25) is 0 Å². The van der Waals surface area contributed by atoms with Crippen LogP contribution in [0.4, 0.5) is 0 Å². The van der Waals surface area contributed by atoms with Gasteiger partial charge in [0.05, 0.1) is 6.54 Å². The monoisotopic (exact) mass is 259 g/mol. The largest absolute Gasteiger partial charge is 0.337 e. The number of nitrogens with zero attached hydrogens (tertiary/aromatic N) is 3. The van der Waals surface area contributed by atoms with Crippen LogP contribution in [0.2, 0.25) is 0 Å². The van der Waals surface area contributed by atoms with E-state index in [9.17, 15) is 0 Å². The van der Waals surface area contributed by atoms with Crippen molar-refractivity contribution in [2.75, 3.05) is 18.9 Å². The molecule has 80 valence electrons. The molecule has 0 radical (unpaired) electrons. The van der Waals surface area contributed by atoms with E-state index >= 15 is 0 Å². The van der Waals surface area contributed by atoms with Gasteiger partial charge >= 0.3 is 0 Å². The fraction of sp³-hybridized carbons (Fsp3) is 0.700. The Morgan fingerprint density at radius 2 is 2.36 bits per heavy atom. The topological polar surface area (TPSA) is 21.1 Å². The van der Waals surface area contributed by atoms with Gasteiger partial charge in [0, 0.05) is 31.3 Å². The minimum Gasteiger partial charge on any atom is -0.337 e. The lowest BCUT2D eigenvalue weighted by Crippen LogP contribution is -2.25. The third-order valence-corrected chi connectivity index (χ3v) is 3.32. The SMILES string of the molecule is CC(CBr)CN(C)Cc1nccn1C. The van der Waals surface area contributed by atoms with Crippen molar-refractivity contribution in [1.29, 1.82) is 0 Å². The number of rotatable bonds is 5. The van der Waals surface area contributed by atoms with Crippen molar-refractivity contribution in [2.24, 2.45) is 13.0 Å². The highest BCUT2D eigenvalue weighted by Gasteiger charge is 2.07. The molecule has 0 aliphatic heterocycles. The summed E-state index contributed by atoms with van der Waals surface area (Å²) in [5.41, 5.74) is 0. The van der Waals surface area contributed by atoms with Crippen molar-refractivity contribution in [3.05, 3.63) is 18.2 Å². The molecule has 0 fully saturated rings. The van der Waals surface area contributed by atoms with Crippen LogP contribution >= 0.6 is 15.9 Å². The molecule has 1 unspecified atom stereocenters. The average Bonchev–Trinajstić information content (AvgIpc) is 2.51. The summed E-state index contributed by atoms with van der Waals surface area (Å²) in [5.74, 6) is 1.80. The Labute approximate surface area is 94.3 Å². The van der Waals surface area contributed by atoms with Gasteiger partial charge in [-0.3, -0.25) is 4.90 Å². The summed E-state index contributed by atoms with van der Waals surface area (Å²) in [6.07, 6.45) is 3.83. The highest BCUT2D eigenvalue weighted by Crippen LogP contribution is 2.05. The molecule has 0 saturated carbocycles. The maximum absolute atomic E-state index is 4.30. The molecular weight excluding hydrogens is 242 g/mol. The lowest BCUT2D eigenvalue weighted by atomic mass is 10.2. The predicted molar refractivity (Wildman–Crippen MR) is 62.5 cm³/mol. The molecule has 0 aliphatic rings. The van der Waals surface area contributed by atoms with Gasteiger partial charge in [-0.2, -0.15) is 0 Å². The number of hydrogen-bond donors (Lipinski definition) is 0. The average molecular weight is 260 g/mol. The van der Waals surface area contributed by atoms with Gasteiger partial charge in [0.1, 0.15) is 5.82 Å². The molecule has 0 saturated heterocycles. The highest BCUT2D eigenvalue weighted by molar-refractivity contribution is 9.09. The van der Waals surface area contributed by atoms with E-state index in [2.05, 4.69) is 44.4 Å². The second-order valence-corrected chi connectivity index (χ2v) is 4.56. The molecule has 1 aromatic heterocycles. The highest BCUT2D eigenvalue weighted by atomic mass is 79.9. The van der Waals surface area contributed by atoms with Crippen LogP contribution in [0.5, 0.6) is 0 Å². The number of imidazole rings is 1. The molecule has 1 atom stereocenters. The Hall–Kier alpha value is -0.350. The van der Waals surface area contributed by atoms with Crippen LogP contribution in [0, 0.1) is 5.92 Å². The maximum atomic E-state index is 4.30. The standard InChI is InChI=1S/C10H18BrN3/c1-9(6-11)7-13(2)8-10-12-4-5-14(10)3/h4-5,9H,6-8H2,1-3H3. The van der Waals surface area contributed by atoms with E-state index in [0.29, 0.717) is 5.92 Å². The number of alkyl halides is 1. The zero-order valence-electron chi connectivity index (χ0n) is 9.07. The molecule has 4 heteroatoms. The van der Waals surface area contributed by atoms with Gasteiger partial charge in [0.15, 0.2) is 0 Å². The first-order chi connectivity index (χ1) is 6.63.